The number of nitrogens with zero attached hydrogens (tertiary/aromatic N) is 1. The molecule has 0 aliphatic heterocycles. The van der Waals surface area contributed by atoms with Crippen molar-refractivity contribution in [3.05, 3.63) is 53.7 Å². The van der Waals surface area contributed by atoms with Crippen molar-refractivity contribution in [1.82, 2.24) is 4.98 Å². The molecule has 2 aliphatic rings. The summed E-state index contributed by atoms with van der Waals surface area (Å²) in [6.45, 7) is 2.97. The van der Waals surface area contributed by atoms with E-state index in [2.05, 4.69) is 23.3 Å². The van der Waals surface area contributed by atoms with Gasteiger partial charge in [-0.05, 0) is 66.3 Å². The highest BCUT2D eigenvalue weighted by Gasteiger charge is 2.64. The highest BCUT2D eigenvalue weighted by molar-refractivity contribution is 7.89. The Morgan fingerprint density at radius 1 is 1.19 bits per heavy atom. The fourth-order valence-electron chi connectivity index (χ4n) is 4.92. The number of aromatic nitrogens is 1. The lowest BCUT2D eigenvalue weighted by molar-refractivity contribution is 0.470. The first kappa shape index (κ1) is 17.5. The molecule has 4 rings (SSSR count). The number of primary sulfonamides is 1. The van der Waals surface area contributed by atoms with Crippen molar-refractivity contribution < 1.29 is 8.42 Å². The molecular weight excluding hydrogens is 346 g/mol. The molecule has 2 aliphatic carbocycles. The zero-order chi connectivity index (χ0) is 18.4. The lowest BCUT2D eigenvalue weighted by atomic mass is 9.97. The van der Waals surface area contributed by atoms with Crippen LogP contribution in [0.15, 0.2) is 47.5 Å². The third kappa shape index (κ3) is 3.01. The summed E-state index contributed by atoms with van der Waals surface area (Å²) in [5.74, 6) is 2.00. The van der Waals surface area contributed by atoms with E-state index in [4.69, 9.17) is 5.14 Å². The Morgan fingerprint density at radius 3 is 2.50 bits per heavy atom. The van der Waals surface area contributed by atoms with Gasteiger partial charge >= 0.3 is 0 Å². The molecule has 2 saturated carbocycles. The van der Waals surface area contributed by atoms with Crippen LogP contribution in [0.1, 0.15) is 42.7 Å². The summed E-state index contributed by atoms with van der Waals surface area (Å²) >= 11 is 0. The van der Waals surface area contributed by atoms with Crippen LogP contribution in [0.5, 0.6) is 0 Å². The van der Waals surface area contributed by atoms with Gasteiger partial charge in [0.05, 0.1) is 4.90 Å². The molecule has 6 heteroatoms. The number of benzene rings is 1. The van der Waals surface area contributed by atoms with Gasteiger partial charge in [-0.3, -0.25) is 0 Å². The maximum atomic E-state index is 11.5. The molecule has 2 aromatic rings. The Kier molecular flexibility index (Phi) is 4.28. The van der Waals surface area contributed by atoms with Gasteiger partial charge in [0.2, 0.25) is 10.0 Å². The van der Waals surface area contributed by atoms with Crippen molar-refractivity contribution in [3.63, 3.8) is 0 Å². The molecule has 1 spiro atoms. The summed E-state index contributed by atoms with van der Waals surface area (Å²) in [4.78, 5) is 4.62. The minimum atomic E-state index is -3.64. The molecule has 1 aromatic carbocycles. The molecule has 138 valence electrons. The van der Waals surface area contributed by atoms with Crippen molar-refractivity contribution in [3.8, 4) is 0 Å². The van der Waals surface area contributed by atoms with Crippen molar-refractivity contribution in [2.75, 3.05) is 11.9 Å². The molecular formula is C20H25N3O2S. The van der Waals surface area contributed by atoms with E-state index in [0.29, 0.717) is 17.3 Å². The fraction of sp³-hybridized carbons (Fsp3) is 0.450. The van der Waals surface area contributed by atoms with Gasteiger partial charge in [-0.2, -0.15) is 0 Å². The maximum absolute atomic E-state index is 11.5. The summed E-state index contributed by atoms with van der Waals surface area (Å²) in [5.41, 5.74) is 2.74. The van der Waals surface area contributed by atoms with Gasteiger partial charge < -0.3 is 5.32 Å². The first-order valence-corrected chi connectivity index (χ1v) is 10.7. The second-order valence-electron chi connectivity index (χ2n) is 7.69. The van der Waals surface area contributed by atoms with E-state index in [1.807, 2.05) is 24.4 Å². The van der Waals surface area contributed by atoms with Crippen LogP contribution in [-0.4, -0.2) is 19.9 Å². The van der Waals surface area contributed by atoms with Crippen LogP contribution in [0, 0.1) is 18.3 Å². The number of hydrogen-bond donors (Lipinski definition) is 2. The normalized spacial score (nSPS) is 23.9. The Bertz CT molecular complexity index is 903. The number of nitrogens with one attached hydrogen (secondary N) is 1. The minimum absolute atomic E-state index is 0.182. The number of rotatable bonds is 5. The highest BCUT2D eigenvalue weighted by Crippen LogP contribution is 2.72. The van der Waals surface area contributed by atoms with E-state index in [0.717, 1.165) is 17.9 Å². The van der Waals surface area contributed by atoms with Crippen LogP contribution in [0.3, 0.4) is 0 Å². The van der Waals surface area contributed by atoms with Crippen molar-refractivity contribution in [2.45, 2.75) is 43.4 Å². The van der Waals surface area contributed by atoms with Crippen LogP contribution < -0.4 is 10.5 Å². The van der Waals surface area contributed by atoms with Crippen LogP contribution >= 0.6 is 0 Å². The third-order valence-electron chi connectivity index (χ3n) is 6.25. The zero-order valence-electron chi connectivity index (χ0n) is 15.0. The number of aryl methyl sites for hydroxylation is 1. The Balaban J connectivity index is 1.54. The summed E-state index contributed by atoms with van der Waals surface area (Å²) in [5, 5.41) is 8.76. The molecule has 3 N–H and O–H groups in total. The van der Waals surface area contributed by atoms with E-state index < -0.39 is 10.0 Å². The molecule has 0 radical (unpaired) electrons. The molecule has 0 amide bonds. The van der Waals surface area contributed by atoms with E-state index in [9.17, 15) is 8.42 Å². The predicted octanol–water partition coefficient (Wildman–Crippen LogP) is 3.42. The van der Waals surface area contributed by atoms with Crippen molar-refractivity contribution in [2.24, 2.45) is 16.5 Å². The van der Waals surface area contributed by atoms with Gasteiger partial charge in [-0.15, -0.1) is 0 Å². The largest absolute Gasteiger partial charge is 0.370 e. The molecule has 0 bridgehead atoms. The number of pyridine rings is 1. The van der Waals surface area contributed by atoms with E-state index in [-0.39, 0.29) is 4.90 Å². The van der Waals surface area contributed by atoms with Gasteiger partial charge in [0.1, 0.15) is 5.82 Å². The number of nitrogens with two attached hydrogens (primary N) is 1. The van der Waals surface area contributed by atoms with E-state index >= 15 is 0 Å². The van der Waals surface area contributed by atoms with Crippen molar-refractivity contribution >= 4 is 15.8 Å². The highest BCUT2D eigenvalue weighted by atomic mass is 32.2. The summed E-state index contributed by atoms with van der Waals surface area (Å²) in [6.07, 6.45) is 6.89. The second kappa shape index (κ2) is 6.35. The first-order valence-electron chi connectivity index (χ1n) is 9.20. The van der Waals surface area contributed by atoms with Crippen LogP contribution in [0.25, 0.3) is 0 Å². The second-order valence-corrected chi connectivity index (χ2v) is 9.25. The maximum Gasteiger partial charge on any atom is 0.238 e. The Morgan fingerprint density at radius 2 is 1.88 bits per heavy atom. The molecule has 0 saturated heterocycles. The molecule has 1 aromatic heterocycles. The Labute approximate surface area is 155 Å². The predicted molar refractivity (Wildman–Crippen MR) is 102 cm³/mol. The average Bonchev–Trinajstić information content (AvgIpc) is 2.95. The van der Waals surface area contributed by atoms with Crippen molar-refractivity contribution in [1.29, 1.82) is 0 Å². The van der Waals surface area contributed by atoms with Gasteiger partial charge in [-0.25, -0.2) is 18.5 Å². The third-order valence-corrected chi connectivity index (χ3v) is 7.18. The molecule has 2 atom stereocenters. The van der Waals surface area contributed by atoms with Gasteiger partial charge in [0.25, 0.3) is 0 Å². The van der Waals surface area contributed by atoms with E-state index in [1.165, 1.54) is 31.2 Å². The zero-order valence-corrected chi connectivity index (χ0v) is 15.8. The number of anilines is 1. The summed E-state index contributed by atoms with van der Waals surface area (Å²) in [6, 6.07) is 11.2. The number of hydrogen-bond acceptors (Lipinski definition) is 4. The average molecular weight is 372 g/mol. The minimum Gasteiger partial charge on any atom is -0.370 e. The lowest BCUT2D eigenvalue weighted by Gasteiger charge is -2.11. The fourth-order valence-corrected chi connectivity index (χ4v) is 5.44. The molecule has 0 unspecified atom stereocenters. The topological polar surface area (TPSA) is 85.1 Å². The van der Waals surface area contributed by atoms with Crippen LogP contribution in [0.2, 0.25) is 0 Å². The van der Waals surface area contributed by atoms with Crippen LogP contribution in [0.4, 0.5) is 5.82 Å². The van der Waals surface area contributed by atoms with E-state index in [1.54, 1.807) is 12.1 Å². The lowest BCUT2D eigenvalue weighted by Crippen LogP contribution is -2.12. The SMILES string of the molecule is Cc1cccnc1NC[C@@H]1[C@@H](c2ccc(S(N)(=O)=O)cc2)C12CCCC2. The summed E-state index contributed by atoms with van der Waals surface area (Å²) in [7, 11) is -3.64. The standard InChI is InChI=1S/C20H25N3O2S/c1-14-5-4-12-22-19(14)23-13-17-18(20(17)10-2-3-11-20)15-6-8-16(9-7-15)26(21,24)25/h4-9,12,17-18H,2-3,10-11,13H2,1H3,(H,22,23)(H2,21,24,25)/t17-,18-/m1/s1. The smallest absolute Gasteiger partial charge is 0.238 e. The monoisotopic (exact) mass is 371 g/mol. The molecule has 1 heterocycles. The summed E-state index contributed by atoms with van der Waals surface area (Å²) < 4.78 is 23.0. The Hall–Kier alpha value is -1.92. The molecule has 5 nitrogen and oxygen atoms in total. The van der Waals surface area contributed by atoms with Gasteiger partial charge in [0.15, 0.2) is 0 Å². The quantitative estimate of drug-likeness (QED) is 0.843. The molecule has 26 heavy (non-hydrogen) atoms. The number of sulfonamides is 1. The first-order chi connectivity index (χ1) is 12.4. The van der Waals surface area contributed by atoms with Gasteiger partial charge in [0, 0.05) is 12.7 Å². The van der Waals surface area contributed by atoms with Gasteiger partial charge in [-0.1, -0.05) is 31.0 Å². The van der Waals surface area contributed by atoms with Crippen LogP contribution in [-0.2, 0) is 10.0 Å². The molecule has 2 fully saturated rings.